The van der Waals surface area contributed by atoms with E-state index in [2.05, 4.69) is 27.1 Å². The quantitative estimate of drug-likeness (QED) is 0.842. The van der Waals surface area contributed by atoms with Gasteiger partial charge in [0.25, 0.3) is 0 Å². The van der Waals surface area contributed by atoms with Crippen molar-refractivity contribution in [2.45, 2.75) is 39.8 Å². The third-order valence-electron chi connectivity index (χ3n) is 3.61. The Morgan fingerprint density at radius 3 is 2.95 bits per heavy atom. The Morgan fingerprint density at radius 2 is 2.32 bits per heavy atom. The molecule has 0 amide bonds. The molecule has 0 aromatic carbocycles. The highest BCUT2D eigenvalue weighted by Gasteiger charge is 2.26. The first-order valence-corrected chi connectivity index (χ1v) is 7.07. The molecular weight excluding hydrogens is 240 g/mol. The molecule has 1 aliphatic heterocycles. The predicted molar refractivity (Wildman–Crippen MR) is 76.0 cm³/mol. The lowest BCUT2D eigenvalue weighted by atomic mass is 10.0. The van der Waals surface area contributed by atoms with E-state index in [1.165, 1.54) is 0 Å². The standard InChI is InChI=1S/C14H24N4O/c1-4-15-13-7-10(2)16-14(17-13)9-18-6-5-12(8-18)11(3)19/h7,11-12,19H,4-6,8-9H2,1-3H3,(H,15,16,17). The second kappa shape index (κ2) is 6.30. The molecule has 5 nitrogen and oxygen atoms in total. The fraction of sp³-hybridized carbons (Fsp3) is 0.714. The number of anilines is 1. The summed E-state index contributed by atoms with van der Waals surface area (Å²) < 4.78 is 0. The van der Waals surface area contributed by atoms with Crippen molar-refractivity contribution in [3.63, 3.8) is 0 Å². The van der Waals surface area contributed by atoms with Gasteiger partial charge in [-0.1, -0.05) is 0 Å². The monoisotopic (exact) mass is 264 g/mol. The average Bonchev–Trinajstić information content (AvgIpc) is 2.77. The van der Waals surface area contributed by atoms with Crippen LogP contribution in [0.4, 0.5) is 5.82 Å². The molecule has 1 aliphatic rings. The maximum Gasteiger partial charge on any atom is 0.144 e. The molecule has 0 saturated carbocycles. The normalized spacial score (nSPS) is 21.6. The second-order valence-corrected chi connectivity index (χ2v) is 5.37. The molecule has 0 spiro atoms. The lowest BCUT2D eigenvalue weighted by Gasteiger charge is -2.17. The molecule has 0 bridgehead atoms. The van der Waals surface area contributed by atoms with Crippen LogP contribution in [-0.2, 0) is 6.54 Å². The Bertz CT molecular complexity index is 422. The molecule has 2 rings (SSSR count). The Hall–Kier alpha value is -1.20. The summed E-state index contributed by atoms with van der Waals surface area (Å²) in [6.45, 7) is 9.52. The van der Waals surface area contributed by atoms with E-state index < -0.39 is 0 Å². The first kappa shape index (κ1) is 14.2. The molecule has 1 saturated heterocycles. The summed E-state index contributed by atoms with van der Waals surface area (Å²) in [7, 11) is 0. The first-order valence-electron chi connectivity index (χ1n) is 7.07. The van der Waals surface area contributed by atoms with Crippen LogP contribution < -0.4 is 5.32 Å². The summed E-state index contributed by atoms with van der Waals surface area (Å²) in [5.41, 5.74) is 0.993. The molecule has 1 fully saturated rings. The van der Waals surface area contributed by atoms with Crippen LogP contribution in [0, 0.1) is 12.8 Å². The topological polar surface area (TPSA) is 61.3 Å². The summed E-state index contributed by atoms with van der Waals surface area (Å²) in [6.07, 6.45) is 0.838. The smallest absolute Gasteiger partial charge is 0.144 e. The molecule has 2 atom stereocenters. The van der Waals surface area contributed by atoms with Crippen molar-refractivity contribution in [1.29, 1.82) is 0 Å². The highest BCUT2D eigenvalue weighted by molar-refractivity contribution is 5.35. The van der Waals surface area contributed by atoms with Gasteiger partial charge in [-0.3, -0.25) is 4.90 Å². The Morgan fingerprint density at radius 1 is 1.53 bits per heavy atom. The maximum atomic E-state index is 9.63. The van der Waals surface area contributed by atoms with Gasteiger partial charge < -0.3 is 10.4 Å². The molecule has 106 valence electrons. The molecule has 0 aliphatic carbocycles. The van der Waals surface area contributed by atoms with Crippen LogP contribution in [0.1, 0.15) is 31.8 Å². The van der Waals surface area contributed by atoms with Crippen molar-refractivity contribution in [1.82, 2.24) is 14.9 Å². The van der Waals surface area contributed by atoms with Crippen LogP contribution in [0.3, 0.4) is 0 Å². The average molecular weight is 264 g/mol. The van der Waals surface area contributed by atoms with Gasteiger partial charge in [-0.2, -0.15) is 0 Å². The third kappa shape index (κ3) is 3.88. The number of nitrogens with zero attached hydrogens (tertiary/aromatic N) is 3. The Balaban J connectivity index is 1.99. The van der Waals surface area contributed by atoms with Gasteiger partial charge in [0.15, 0.2) is 0 Å². The minimum absolute atomic E-state index is 0.222. The number of rotatable bonds is 5. The number of hydrogen-bond acceptors (Lipinski definition) is 5. The van der Waals surface area contributed by atoms with E-state index in [4.69, 9.17) is 0 Å². The summed E-state index contributed by atoms with van der Waals surface area (Å²) in [5, 5.41) is 12.9. The summed E-state index contributed by atoms with van der Waals surface area (Å²) in [6, 6.07) is 1.97. The number of hydrogen-bond donors (Lipinski definition) is 2. The van der Waals surface area contributed by atoms with E-state index in [-0.39, 0.29) is 6.10 Å². The van der Waals surface area contributed by atoms with Crippen molar-refractivity contribution in [3.05, 3.63) is 17.6 Å². The van der Waals surface area contributed by atoms with Crippen molar-refractivity contribution < 1.29 is 5.11 Å². The Labute approximate surface area is 115 Å². The van der Waals surface area contributed by atoms with Gasteiger partial charge in [0.1, 0.15) is 11.6 Å². The van der Waals surface area contributed by atoms with E-state index in [1.54, 1.807) is 0 Å². The number of aryl methyl sites for hydroxylation is 1. The second-order valence-electron chi connectivity index (χ2n) is 5.37. The SMILES string of the molecule is CCNc1cc(C)nc(CN2CCC(C(C)O)C2)n1. The third-order valence-corrected chi connectivity index (χ3v) is 3.61. The molecular formula is C14H24N4O. The van der Waals surface area contributed by atoms with Crippen LogP contribution in [0.15, 0.2) is 6.07 Å². The van der Waals surface area contributed by atoms with Gasteiger partial charge in [0.2, 0.25) is 0 Å². The van der Waals surface area contributed by atoms with Gasteiger partial charge >= 0.3 is 0 Å². The van der Waals surface area contributed by atoms with Crippen LogP contribution in [0.5, 0.6) is 0 Å². The summed E-state index contributed by atoms with van der Waals surface area (Å²) in [4.78, 5) is 11.3. The number of aliphatic hydroxyl groups excluding tert-OH is 1. The fourth-order valence-corrected chi connectivity index (χ4v) is 2.57. The highest BCUT2D eigenvalue weighted by atomic mass is 16.3. The van der Waals surface area contributed by atoms with Gasteiger partial charge in [-0.05, 0) is 39.7 Å². The van der Waals surface area contributed by atoms with Gasteiger partial charge in [0.05, 0.1) is 12.6 Å². The zero-order chi connectivity index (χ0) is 13.8. The molecule has 2 unspecified atom stereocenters. The van der Waals surface area contributed by atoms with E-state index in [0.29, 0.717) is 5.92 Å². The predicted octanol–water partition coefficient (Wildman–Crippen LogP) is 1.42. The van der Waals surface area contributed by atoms with E-state index in [9.17, 15) is 5.11 Å². The van der Waals surface area contributed by atoms with Crippen LogP contribution in [-0.4, -0.2) is 45.7 Å². The van der Waals surface area contributed by atoms with Crippen LogP contribution in [0.25, 0.3) is 0 Å². The minimum Gasteiger partial charge on any atom is -0.393 e. The zero-order valence-corrected chi connectivity index (χ0v) is 12.1. The number of aromatic nitrogens is 2. The molecule has 2 heterocycles. The molecule has 0 radical (unpaired) electrons. The minimum atomic E-state index is -0.222. The number of likely N-dealkylation sites (tertiary alicyclic amines) is 1. The summed E-state index contributed by atoms with van der Waals surface area (Å²) in [5.74, 6) is 2.15. The van der Waals surface area contributed by atoms with Crippen LogP contribution >= 0.6 is 0 Å². The largest absolute Gasteiger partial charge is 0.393 e. The maximum absolute atomic E-state index is 9.63. The Kier molecular flexibility index (Phi) is 4.71. The van der Waals surface area contributed by atoms with E-state index in [1.807, 2.05) is 19.9 Å². The lowest BCUT2D eigenvalue weighted by molar-refractivity contribution is 0.127. The van der Waals surface area contributed by atoms with Crippen molar-refractivity contribution in [2.75, 3.05) is 25.0 Å². The first-order chi connectivity index (χ1) is 9.08. The van der Waals surface area contributed by atoms with Gasteiger partial charge in [-0.25, -0.2) is 9.97 Å². The van der Waals surface area contributed by atoms with Gasteiger partial charge in [-0.15, -0.1) is 0 Å². The van der Waals surface area contributed by atoms with Crippen molar-refractivity contribution >= 4 is 5.82 Å². The lowest BCUT2D eigenvalue weighted by Crippen LogP contribution is -2.25. The van der Waals surface area contributed by atoms with E-state index in [0.717, 1.165) is 49.9 Å². The summed E-state index contributed by atoms with van der Waals surface area (Å²) >= 11 is 0. The fourth-order valence-electron chi connectivity index (χ4n) is 2.57. The number of nitrogens with one attached hydrogen (secondary N) is 1. The van der Waals surface area contributed by atoms with Gasteiger partial charge in [0, 0.05) is 24.8 Å². The molecule has 1 aromatic rings. The molecule has 19 heavy (non-hydrogen) atoms. The highest BCUT2D eigenvalue weighted by Crippen LogP contribution is 2.21. The van der Waals surface area contributed by atoms with Crippen molar-refractivity contribution in [2.24, 2.45) is 5.92 Å². The zero-order valence-electron chi connectivity index (χ0n) is 12.1. The molecule has 1 aromatic heterocycles. The number of aliphatic hydroxyl groups is 1. The van der Waals surface area contributed by atoms with Crippen molar-refractivity contribution in [3.8, 4) is 0 Å². The van der Waals surface area contributed by atoms with E-state index >= 15 is 0 Å². The molecule has 2 N–H and O–H groups in total. The molecule has 5 heteroatoms. The van der Waals surface area contributed by atoms with Crippen LogP contribution in [0.2, 0.25) is 0 Å².